The zero-order chi connectivity index (χ0) is 17.7. The summed E-state index contributed by atoms with van der Waals surface area (Å²) in [5.74, 6) is 0.103. The second-order valence-corrected chi connectivity index (χ2v) is 7.54. The van der Waals surface area contributed by atoms with Crippen LogP contribution in [0.5, 0.6) is 0 Å². The Morgan fingerprint density at radius 1 is 1.36 bits per heavy atom. The fourth-order valence-electron chi connectivity index (χ4n) is 3.32. The van der Waals surface area contributed by atoms with Crippen molar-refractivity contribution in [3.8, 4) is 0 Å². The van der Waals surface area contributed by atoms with E-state index in [9.17, 15) is 9.90 Å². The Kier molecular flexibility index (Phi) is 5.83. The molecule has 1 aliphatic heterocycles. The average molecular weight is 359 g/mol. The SMILES string of the molecule is CCN(Cc1ccncc1)CC1(O)CCN(C(=O)Cc2ccsc2)C1. The molecule has 1 amide bonds. The molecule has 5 nitrogen and oxygen atoms in total. The van der Waals surface area contributed by atoms with Gasteiger partial charge in [0.05, 0.1) is 18.6 Å². The van der Waals surface area contributed by atoms with Gasteiger partial charge in [0.2, 0.25) is 5.91 Å². The summed E-state index contributed by atoms with van der Waals surface area (Å²) in [6.07, 6.45) is 4.64. The zero-order valence-electron chi connectivity index (χ0n) is 14.6. The summed E-state index contributed by atoms with van der Waals surface area (Å²) in [5, 5.41) is 15.0. The third-order valence-corrected chi connectivity index (χ3v) is 5.47. The number of thiophene rings is 1. The van der Waals surface area contributed by atoms with Crippen molar-refractivity contribution in [1.82, 2.24) is 14.8 Å². The first kappa shape index (κ1) is 18.0. The summed E-state index contributed by atoms with van der Waals surface area (Å²) in [6.45, 7) is 5.36. The molecule has 2 aromatic rings. The van der Waals surface area contributed by atoms with Crippen molar-refractivity contribution in [2.45, 2.75) is 31.9 Å². The van der Waals surface area contributed by atoms with Gasteiger partial charge in [0.1, 0.15) is 0 Å². The molecule has 0 radical (unpaired) electrons. The number of rotatable bonds is 7. The Bertz CT molecular complexity index is 677. The number of carbonyl (C=O) groups excluding carboxylic acids is 1. The van der Waals surface area contributed by atoms with Crippen molar-refractivity contribution in [1.29, 1.82) is 0 Å². The zero-order valence-corrected chi connectivity index (χ0v) is 15.4. The molecular weight excluding hydrogens is 334 g/mol. The van der Waals surface area contributed by atoms with E-state index in [1.54, 1.807) is 28.6 Å². The first-order valence-electron chi connectivity index (χ1n) is 8.70. The predicted molar refractivity (Wildman–Crippen MR) is 99.4 cm³/mol. The molecule has 1 atom stereocenters. The largest absolute Gasteiger partial charge is 0.387 e. The fourth-order valence-corrected chi connectivity index (χ4v) is 3.99. The Balaban J connectivity index is 1.55. The monoisotopic (exact) mass is 359 g/mol. The number of carbonyl (C=O) groups is 1. The number of amides is 1. The van der Waals surface area contributed by atoms with Gasteiger partial charge in [-0.15, -0.1) is 0 Å². The summed E-state index contributed by atoms with van der Waals surface area (Å²) >= 11 is 1.60. The first-order valence-corrected chi connectivity index (χ1v) is 9.65. The minimum atomic E-state index is -0.826. The van der Waals surface area contributed by atoms with Crippen LogP contribution >= 0.6 is 11.3 Å². The van der Waals surface area contributed by atoms with Crippen LogP contribution in [0.4, 0.5) is 0 Å². The molecule has 1 fully saturated rings. The van der Waals surface area contributed by atoms with Crippen molar-refractivity contribution in [2.24, 2.45) is 0 Å². The number of aliphatic hydroxyl groups is 1. The third kappa shape index (κ3) is 4.87. The highest BCUT2D eigenvalue weighted by molar-refractivity contribution is 7.08. The van der Waals surface area contributed by atoms with Gasteiger partial charge < -0.3 is 10.0 Å². The molecule has 1 aliphatic rings. The maximum absolute atomic E-state index is 12.4. The molecule has 3 rings (SSSR count). The predicted octanol–water partition coefficient (Wildman–Crippen LogP) is 2.17. The van der Waals surface area contributed by atoms with E-state index in [1.165, 1.54) is 5.56 Å². The smallest absolute Gasteiger partial charge is 0.227 e. The first-order chi connectivity index (χ1) is 12.1. The topological polar surface area (TPSA) is 56.7 Å². The molecule has 1 saturated heterocycles. The lowest BCUT2D eigenvalue weighted by Gasteiger charge is -2.30. The maximum Gasteiger partial charge on any atom is 0.227 e. The lowest BCUT2D eigenvalue weighted by Crippen LogP contribution is -2.45. The third-order valence-electron chi connectivity index (χ3n) is 4.74. The van der Waals surface area contributed by atoms with Crippen LogP contribution in [0, 0.1) is 0 Å². The summed E-state index contributed by atoms with van der Waals surface area (Å²) in [7, 11) is 0. The van der Waals surface area contributed by atoms with E-state index in [0.717, 1.165) is 18.7 Å². The molecule has 0 aliphatic carbocycles. The van der Waals surface area contributed by atoms with Crippen LogP contribution in [0.1, 0.15) is 24.5 Å². The van der Waals surface area contributed by atoms with E-state index in [2.05, 4.69) is 16.8 Å². The van der Waals surface area contributed by atoms with Crippen LogP contribution in [0.25, 0.3) is 0 Å². The minimum Gasteiger partial charge on any atom is -0.387 e. The highest BCUT2D eigenvalue weighted by atomic mass is 32.1. The van der Waals surface area contributed by atoms with Crippen molar-refractivity contribution < 1.29 is 9.90 Å². The quantitative estimate of drug-likeness (QED) is 0.823. The molecule has 6 heteroatoms. The second-order valence-electron chi connectivity index (χ2n) is 6.76. The summed E-state index contributed by atoms with van der Waals surface area (Å²) in [5.41, 5.74) is 1.41. The number of likely N-dealkylation sites (N-methyl/N-ethyl adjacent to an activating group) is 1. The lowest BCUT2D eigenvalue weighted by molar-refractivity contribution is -0.130. The van der Waals surface area contributed by atoms with Gasteiger partial charge in [-0.3, -0.25) is 14.7 Å². The van der Waals surface area contributed by atoms with Gasteiger partial charge in [0.25, 0.3) is 0 Å². The van der Waals surface area contributed by atoms with Gasteiger partial charge in [0, 0.05) is 32.0 Å². The van der Waals surface area contributed by atoms with Gasteiger partial charge in [-0.1, -0.05) is 6.92 Å². The van der Waals surface area contributed by atoms with E-state index in [1.807, 2.05) is 29.0 Å². The Labute approximate surface area is 152 Å². The molecule has 0 bridgehead atoms. The van der Waals surface area contributed by atoms with Crippen LogP contribution in [-0.4, -0.2) is 57.6 Å². The summed E-state index contributed by atoms with van der Waals surface area (Å²) in [6, 6.07) is 5.98. The van der Waals surface area contributed by atoms with E-state index in [4.69, 9.17) is 0 Å². The molecule has 0 saturated carbocycles. The van der Waals surface area contributed by atoms with Crippen LogP contribution in [0.15, 0.2) is 41.4 Å². The Hall–Kier alpha value is -1.76. The molecule has 0 spiro atoms. The van der Waals surface area contributed by atoms with Gasteiger partial charge in [-0.25, -0.2) is 0 Å². The van der Waals surface area contributed by atoms with Crippen molar-refractivity contribution >= 4 is 17.2 Å². The highest BCUT2D eigenvalue weighted by Gasteiger charge is 2.39. The van der Waals surface area contributed by atoms with E-state index < -0.39 is 5.60 Å². The summed E-state index contributed by atoms with van der Waals surface area (Å²) in [4.78, 5) is 20.5. The molecule has 25 heavy (non-hydrogen) atoms. The number of aromatic nitrogens is 1. The molecular formula is C19H25N3O2S. The van der Waals surface area contributed by atoms with Gasteiger partial charge in [-0.2, -0.15) is 11.3 Å². The van der Waals surface area contributed by atoms with Crippen molar-refractivity contribution in [3.05, 3.63) is 52.5 Å². The number of pyridine rings is 1. The van der Waals surface area contributed by atoms with Crippen molar-refractivity contribution in [2.75, 3.05) is 26.2 Å². The van der Waals surface area contributed by atoms with Crippen LogP contribution in [-0.2, 0) is 17.8 Å². The van der Waals surface area contributed by atoms with Gasteiger partial charge in [-0.05, 0) is 53.1 Å². The van der Waals surface area contributed by atoms with Crippen LogP contribution in [0.3, 0.4) is 0 Å². The molecule has 2 aromatic heterocycles. The van der Waals surface area contributed by atoms with Gasteiger partial charge >= 0.3 is 0 Å². The van der Waals surface area contributed by atoms with Crippen LogP contribution in [0.2, 0.25) is 0 Å². The molecule has 1 N–H and O–H groups in total. The maximum atomic E-state index is 12.4. The number of likely N-dealkylation sites (tertiary alicyclic amines) is 1. The van der Waals surface area contributed by atoms with Crippen LogP contribution < -0.4 is 0 Å². The lowest BCUT2D eigenvalue weighted by atomic mass is 10.0. The minimum absolute atomic E-state index is 0.103. The average Bonchev–Trinajstić information content (AvgIpc) is 3.25. The number of nitrogens with zero attached hydrogens (tertiary/aromatic N) is 3. The Morgan fingerprint density at radius 2 is 2.16 bits per heavy atom. The highest BCUT2D eigenvalue weighted by Crippen LogP contribution is 2.24. The molecule has 3 heterocycles. The normalized spacial score (nSPS) is 20.4. The van der Waals surface area contributed by atoms with Crippen molar-refractivity contribution in [3.63, 3.8) is 0 Å². The fraction of sp³-hybridized carbons (Fsp3) is 0.474. The van der Waals surface area contributed by atoms with E-state index in [-0.39, 0.29) is 5.91 Å². The molecule has 134 valence electrons. The Morgan fingerprint density at radius 3 is 2.84 bits per heavy atom. The summed E-state index contributed by atoms with van der Waals surface area (Å²) < 4.78 is 0. The molecule has 0 aromatic carbocycles. The number of β-amino-alcohol motifs (C(OH)–C–C–N with tert-alkyl or cyclic N) is 1. The second kappa shape index (κ2) is 8.08. The van der Waals surface area contributed by atoms with E-state index >= 15 is 0 Å². The van der Waals surface area contributed by atoms with E-state index in [0.29, 0.717) is 32.5 Å². The van der Waals surface area contributed by atoms with Gasteiger partial charge in [0.15, 0.2) is 0 Å². The number of hydrogen-bond acceptors (Lipinski definition) is 5. The molecule has 1 unspecified atom stereocenters. The standard InChI is InChI=1S/C19H25N3O2S/c1-2-21(12-16-3-7-20-8-4-16)14-19(24)6-9-22(15-19)18(23)11-17-5-10-25-13-17/h3-5,7-8,10,13,24H,2,6,9,11-12,14-15H2,1H3. The number of hydrogen-bond donors (Lipinski definition) is 1.